The summed E-state index contributed by atoms with van der Waals surface area (Å²) in [6.07, 6.45) is 0.883. The van der Waals surface area contributed by atoms with Crippen molar-refractivity contribution in [2.75, 3.05) is 19.0 Å². The number of carbonyl (C=O) groups is 3. The molecule has 8 heteroatoms. The maximum atomic E-state index is 12.4. The monoisotopic (exact) mass is 411 g/mol. The van der Waals surface area contributed by atoms with Gasteiger partial charge in [-0.3, -0.25) is 25.2 Å². The Kier molecular flexibility index (Phi) is 6.56. The molecule has 0 radical (unpaired) electrons. The van der Waals surface area contributed by atoms with E-state index in [2.05, 4.69) is 16.2 Å². The minimum absolute atomic E-state index is 0.0351. The largest absolute Gasteiger partial charge is 0.493 e. The maximum absolute atomic E-state index is 12.4. The fourth-order valence-electron chi connectivity index (χ4n) is 3.00. The summed E-state index contributed by atoms with van der Waals surface area (Å²) in [5.41, 5.74) is 5.89. The molecule has 1 aliphatic carbocycles. The molecule has 158 valence electrons. The lowest BCUT2D eigenvalue weighted by Crippen LogP contribution is -2.41. The second-order valence-corrected chi connectivity index (χ2v) is 7.10. The molecule has 0 aliphatic heterocycles. The zero-order valence-corrected chi connectivity index (χ0v) is 17.2. The third-order valence-electron chi connectivity index (χ3n) is 4.85. The third kappa shape index (κ3) is 5.08. The van der Waals surface area contributed by atoms with Crippen molar-refractivity contribution in [3.05, 3.63) is 53.6 Å². The first-order chi connectivity index (χ1) is 14.4. The summed E-state index contributed by atoms with van der Waals surface area (Å²) in [6.45, 7) is 4.34. The summed E-state index contributed by atoms with van der Waals surface area (Å²) >= 11 is 0. The fourth-order valence-corrected chi connectivity index (χ4v) is 3.00. The van der Waals surface area contributed by atoms with Crippen LogP contribution in [-0.2, 0) is 4.79 Å². The minimum atomic E-state index is -0.503. The molecule has 0 bridgehead atoms. The van der Waals surface area contributed by atoms with Crippen LogP contribution in [0.25, 0.3) is 0 Å². The number of hydrogen-bond donors (Lipinski definition) is 3. The van der Waals surface area contributed by atoms with Gasteiger partial charge in [-0.15, -0.1) is 0 Å². The van der Waals surface area contributed by atoms with Gasteiger partial charge in [0.2, 0.25) is 5.91 Å². The summed E-state index contributed by atoms with van der Waals surface area (Å²) in [4.78, 5) is 36.8. The molecular formula is C22H25N3O5. The SMILES string of the molecule is CCOc1ccc(C(=O)NNC(=O)c2cccc(NC(=O)C3CC3C)c2)cc1OC. The summed E-state index contributed by atoms with van der Waals surface area (Å²) in [5.74, 6) is 0.330. The van der Waals surface area contributed by atoms with E-state index in [1.807, 2.05) is 13.8 Å². The average Bonchev–Trinajstić information content (AvgIpc) is 3.49. The van der Waals surface area contributed by atoms with E-state index < -0.39 is 11.8 Å². The molecule has 1 saturated carbocycles. The van der Waals surface area contributed by atoms with Gasteiger partial charge in [0, 0.05) is 22.7 Å². The zero-order chi connectivity index (χ0) is 21.7. The predicted molar refractivity (Wildman–Crippen MR) is 111 cm³/mol. The molecule has 2 aromatic carbocycles. The van der Waals surface area contributed by atoms with Crippen LogP contribution >= 0.6 is 0 Å². The number of hydrogen-bond acceptors (Lipinski definition) is 5. The number of carbonyl (C=O) groups excluding carboxylic acids is 3. The Morgan fingerprint density at radius 2 is 1.67 bits per heavy atom. The van der Waals surface area contributed by atoms with E-state index in [9.17, 15) is 14.4 Å². The number of anilines is 1. The van der Waals surface area contributed by atoms with E-state index in [0.29, 0.717) is 40.8 Å². The fraction of sp³-hybridized carbons (Fsp3) is 0.318. The van der Waals surface area contributed by atoms with E-state index in [0.717, 1.165) is 6.42 Å². The van der Waals surface area contributed by atoms with Gasteiger partial charge < -0.3 is 14.8 Å². The molecule has 1 fully saturated rings. The summed E-state index contributed by atoms with van der Waals surface area (Å²) in [5, 5.41) is 2.82. The molecule has 8 nitrogen and oxygen atoms in total. The summed E-state index contributed by atoms with van der Waals surface area (Å²) < 4.78 is 10.7. The van der Waals surface area contributed by atoms with Crippen molar-refractivity contribution in [3.63, 3.8) is 0 Å². The van der Waals surface area contributed by atoms with Crippen molar-refractivity contribution in [3.8, 4) is 11.5 Å². The lowest BCUT2D eigenvalue weighted by Gasteiger charge is -2.12. The quantitative estimate of drug-likeness (QED) is 0.608. The Hall–Kier alpha value is -3.55. The molecule has 3 rings (SSSR count). The van der Waals surface area contributed by atoms with Crippen molar-refractivity contribution >= 4 is 23.4 Å². The van der Waals surface area contributed by atoms with Gasteiger partial charge in [0.1, 0.15) is 0 Å². The molecule has 3 amide bonds. The van der Waals surface area contributed by atoms with Crippen molar-refractivity contribution in [1.82, 2.24) is 10.9 Å². The molecule has 30 heavy (non-hydrogen) atoms. The van der Waals surface area contributed by atoms with E-state index in [-0.39, 0.29) is 11.8 Å². The predicted octanol–water partition coefficient (Wildman–Crippen LogP) is 2.76. The molecule has 3 N–H and O–H groups in total. The molecule has 1 aliphatic rings. The molecule has 2 atom stereocenters. The number of methoxy groups -OCH3 is 1. The zero-order valence-electron chi connectivity index (χ0n) is 17.2. The standard InChI is InChI=1S/C22H25N3O5/c1-4-30-18-9-8-15(12-19(18)29-3)21(27)25-24-20(26)14-6-5-7-16(11-14)23-22(28)17-10-13(17)2/h5-9,11-13,17H,4,10H2,1-3H3,(H,23,28)(H,24,26)(H,25,27). The highest BCUT2D eigenvalue weighted by atomic mass is 16.5. The van der Waals surface area contributed by atoms with Crippen LogP contribution in [0.4, 0.5) is 5.69 Å². The number of ether oxygens (including phenoxy) is 2. The number of amides is 3. The highest BCUT2D eigenvalue weighted by Gasteiger charge is 2.39. The lowest BCUT2D eigenvalue weighted by molar-refractivity contribution is -0.117. The molecule has 0 aromatic heterocycles. The van der Waals surface area contributed by atoms with Crippen molar-refractivity contribution in [2.45, 2.75) is 20.3 Å². The van der Waals surface area contributed by atoms with E-state index in [1.165, 1.54) is 13.2 Å². The van der Waals surface area contributed by atoms with Gasteiger partial charge in [-0.05, 0) is 55.7 Å². The van der Waals surface area contributed by atoms with E-state index in [4.69, 9.17) is 9.47 Å². The minimum Gasteiger partial charge on any atom is -0.493 e. The van der Waals surface area contributed by atoms with Crippen LogP contribution in [0.1, 0.15) is 41.0 Å². The highest BCUT2D eigenvalue weighted by molar-refractivity contribution is 6.01. The van der Waals surface area contributed by atoms with Gasteiger partial charge in [0.15, 0.2) is 11.5 Å². The molecule has 0 saturated heterocycles. The lowest BCUT2D eigenvalue weighted by atomic mass is 10.2. The maximum Gasteiger partial charge on any atom is 0.269 e. The third-order valence-corrected chi connectivity index (χ3v) is 4.85. The van der Waals surface area contributed by atoms with Crippen LogP contribution in [0.5, 0.6) is 11.5 Å². The molecule has 0 heterocycles. The molecule has 2 aromatic rings. The Bertz CT molecular complexity index is 960. The summed E-state index contributed by atoms with van der Waals surface area (Å²) in [6, 6.07) is 11.3. The van der Waals surface area contributed by atoms with Crippen molar-refractivity contribution < 1.29 is 23.9 Å². The van der Waals surface area contributed by atoms with Gasteiger partial charge in [0.25, 0.3) is 11.8 Å². The van der Waals surface area contributed by atoms with Gasteiger partial charge in [0.05, 0.1) is 13.7 Å². The molecule has 2 unspecified atom stereocenters. The Labute approximate surface area is 174 Å². The second kappa shape index (κ2) is 9.30. The van der Waals surface area contributed by atoms with Crippen LogP contribution in [0.15, 0.2) is 42.5 Å². The Morgan fingerprint density at radius 1 is 1.00 bits per heavy atom. The van der Waals surface area contributed by atoms with Gasteiger partial charge in [-0.2, -0.15) is 0 Å². The normalized spacial score (nSPS) is 16.9. The van der Waals surface area contributed by atoms with Crippen molar-refractivity contribution in [2.24, 2.45) is 11.8 Å². The van der Waals surface area contributed by atoms with Crippen molar-refractivity contribution in [1.29, 1.82) is 0 Å². The average molecular weight is 411 g/mol. The Morgan fingerprint density at radius 3 is 2.27 bits per heavy atom. The van der Waals surface area contributed by atoms with Crippen LogP contribution in [0.3, 0.4) is 0 Å². The Balaban J connectivity index is 1.59. The van der Waals surface area contributed by atoms with E-state index >= 15 is 0 Å². The van der Waals surface area contributed by atoms with Gasteiger partial charge >= 0.3 is 0 Å². The number of nitrogens with one attached hydrogen (secondary N) is 3. The van der Waals surface area contributed by atoms with Crippen LogP contribution < -0.4 is 25.6 Å². The van der Waals surface area contributed by atoms with Crippen LogP contribution in [0.2, 0.25) is 0 Å². The molecule has 0 spiro atoms. The first kappa shape index (κ1) is 21.2. The van der Waals surface area contributed by atoms with Gasteiger partial charge in [-0.25, -0.2) is 0 Å². The summed E-state index contributed by atoms with van der Waals surface area (Å²) in [7, 11) is 1.48. The van der Waals surface area contributed by atoms with E-state index in [1.54, 1.807) is 36.4 Å². The topological polar surface area (TPSA) is 106 Å². The first-order valence-corrected chi connectivity index (χ1v) is 9.75. The number of hydrazine groups is 1. The van der Waals surface area contributed by atoms with Crippen LogP contribution in [-0.4, -0.2) is 31.4 Å². The van der Waals surface area contributed by atoms with Crippen LogP contribution in [0, 0.1) is 11.8 Å². The number of rotatable bonds is 7. The first-order valence-electron chi connectivity index (χ1n) is 9.75. The highest BCUT2D eigenvalue weighted by Crippen LogP contribution is 2.38. The van der Waals surface area contributed by atoms with Gasteiger partial charge in [-0.1, -0.05) is 13.0 Å². The molecular weight excluding hydrogens is 386 g/mol. The smallest absolute Gasteiger partial charge is 0.269 e. The number of benzene rings is 2. The second-order valence-electron chi connectivity index (χ2n) is 7.10.